The Morgan fingerprint density at radius 2 is 1.95 bits per heavy atom. The van der Waals surface area contributed by atoms with Crippen molar-refractivity contribution in [1.29, 1.82) is 0 Å². The van der Waals surface area contributed by atoms with Crippen LogP contribution in [0.1, 0.15) is 32.1 Å². The molecule has 0 aromatic rings. The average Bonchev–Trinajstić information content (AvgIpc) is 2.41. The van der Waals surface area contributed by atoms with Gasteiger partial charge in [0.05, 0.1) is 19.3 Å². The third-order valence-electron chi connectivity index (χ3n) is 3.13. The first-order chi connectivity index (χ1) is 10.4. The van der Waals surface area contributed by atoms with E-state index in [1.165, 1.54) is 18.2 Å². The van der Waals surface area contributed by atoms with Crippen LogP contribution in [0.25, 0.3) is 0 Å². The van der Waals surface area contributed by atoms with Crippen LogP contribution in [0.3, 0.4) is 0 Å². The van der Waals surface area contributed by atoms with Gasteiger partial charge in [-0.15, -0.1) is 0 Å². The Labute approximate surface area is 127 Å². The first-order valence-electron chi connectivity index (χ1n) is 7.29. The first kappa shape index (κ1) is 18.5. The highest BCUT2D eigenvalue weighted by molar-refractivity contribution is 5.87. The van der Waals surface area contributed by atoms with Crippen LogP contribution in [0.15, 0.2) is 12.2 Å². The third-order valence-corrected chi connectivity index (χ3v) is 3.13. The highest BCUT2D eigenvalue weighted by atomic mass is 19.4. The molecule has 8 heteroatoms. The summed E-state index contributed by atoms with van der Waals surface area (Å²) >= 11 is 0. The van der Waals surface area contributed by atoms with E-state index in [4.69, 9.17) is 4.74 Å². The summed E-state index contributed by atoms with van der Waals surface area (Å²) in [6.07, 6.45) is 4.52. The van der Waals surface area contributed by atoms with E-state index >= 15 is 0 Å². The number of hydrogen-bond acceptors (Lipinski definition) is 3. The lowest BCUT2D eigenvalue weighted by atomic mass is 10.0. The largest absolute Gasteiger partial charge is 0.471 e. The van der Waals surface area contributed by atoms with E-state index in [0.717, 1.165) is 19.3 Å². The third kappa shape index (κ3) is 8.02. The van der Waals surface area contributed by atoms with Gasteiger partial charge in [0.1, 0.15) is 0 Å². The molecule has 1 unspecified atom stereocenters. The molecule has 1 aliphatic rings. The zero-order valence-corrected chi connectivity index (χ0v) is 12.2. The molecule has 0 radical (unpaired) electrons. The van der Waals surface area contributed by atoms with Crippen LogP contribution in [-0.2, 0) is 14.3 Å². The summed E-state index contributed by atoms with van der Waals surface area (Å²) in [5, 5.41) is 3.89. The number of rotatable bonds is 6. The minimum atomic E-state index is -4.98. The molecule has 5 nitrogen and oxygen atoms in total. The Bertz CT molecular complexity index is 397. The van der Waals surface area contributed by atoms with Crippen molar-refractivity contribution < 1.29 is 27.5 Å². The van der Waals surface area contributed by atoms with Crippen LogP contribution in [0.2, 0.25) is 0 Å². The van der Waals surface area contributed by atoms with Crippen LogP contribution >= 0.6 is 0 Å². The van der Waals surface area contributed by atoms with Crippen molar-refractivity contribution in [3.8, 4) is 0 Å². The van der Waals surface area contributed by atoms with Crippen molar-refractivity contribution in [3.63, 3.8) is 0 Å². The van der Waals surface area contributed by atoms with Crippen LogP contribution < -0.4 is 10.6 Å². The van der Waals surface area contributed by atoms with Crippen LogP contribution in [-0.4, -0.2) is 43.8 Å². The number of hydrogen-bond donors (Lipinski definition) is 2. The molecular formula is C14H21F3N2O3. The summed E-state index contributed by atoms with van der Waals surface area (Å²) in [7, 11) is 0. The number of amides is 2. The lowest BCUT2D eigenvalue weighted by Gasteiger charge is -2.16. The molecule has 2 N–H and O–H groups in total. The van der Waals surface area contributed by atoms with Crippen molar-refractivity contribution in [2.24, 2.45) is 0 Å². The zero-order chi connectivity index (χ0) is 16.4. The quantitative estimate of drug-likeness (QED) is 0.578. The van der Waals surface area contributed by atoms with Crippen LogP contribution in [0.5, 0.6) is 0 Å². The highest BCUT2D eigenvalue weighted by Crippen LogP contribution is 2.14. The molecule has 0 aromatic heterocycles. The Morgan fingerprint density at radius 3 is 2.68 bits per heavy atom. The molecule has 0 heterocycles. The molecule has 22 heavy (non-hydrogen) atoms. The molecule has 2 amide bonds. The SMILES string of the molecule is O=C(CNC(=O)C(F)(F)F)NCCOC1/C=C\CCCCC1. The van der Waals surface area contributed by atoms with Gasteiger partial charge >= 0.3 is 12.1 Å². The Kier molecular flexibility index (Phi) is 7.94. The van der Waals surface area contributed by atoms with Gasteiger partial charge < -0.3 is 15.4 Å². The smallest absolute Gasteiger partial charge is 0.372 e. The number of carbonyl (C=O) groups is 2. The molecule has 0 aliphatic heterocycles. The molecule has 0 aromatic carbocycles. The van der Waals surface area contributed by atoms with E-state index in [1.807, 2.05) is 6.08 Å². The number of halogens is 3. The molecule has 1 rings (SSSR count). The zero-order valence-electron chi connectivity index (χ0n) is 12.2. The van der Waals surface area contributed by atoms with Gasteiger partial charge in [-0.3, -0.25) is 9.59 Å². The fourth-order valence-corrected chi connectivity index (χ4v) is 1.99. The van der Waals surface area contributed by atoms with Gasteiger partial charge in [-0.2, -0.15) is 13.2 Å². The lowest BCUT2D eigenvalue weighted by molar-refractivity contribution is -0.173. The van der Waals surface area contributed by atoms with E-state index in [-0.39, 0.29) is 19.3 Å². The van der Waals surface area contributed by atoms with Gasteiger partial charge in [-0.05, 0) is 19.3 Å². The Hall–Kier alpha value is -1.57. The number of nitrogens with one attached hydrogen (secondary N) is 2. The number of carbonyl (C=O) groups excluding carboxylic acids is 2. The summed E-state index contributed by atoms with van der Waals surface area (Å²) in [4.78, 5) is 21.8. The molecule has 0 saturated carbocycles. The molecule has 1 atom stereocenters. The lowest BCUT2D eigenvalue weighted by Crippen LogP contribution is -2.43. The molecule has 0 fully saturated rings. The minimum Gasteiger partial charge on any atom is -0.372 e. The predicted octanol–water partition coefficient (Wildman–Crippen LogP) is 1.69. The van der Waals surface area contributed by atoms with Gasteiger partial charge in [0.25, 0.3) is 0 Å². The highest BCUT2D eigenvalue weighted by Gasteiger charge is 2.38. The molecule has 126 valence electrons. The van der Waals surface area contributed by atoms with E-state index in [0.29, 0.717) is 0 Å². The maximum absolute atomic E-state index is 11.9. The predicted molar refractivity (Wildman–Crippen MR) is 74.0 cm³/mol. The van der Waals surface area contributed by atoms with Crippen molar-refractivity contribution in [2.75, 3.05) is 19.7 Å². The van der Waals surface area contributed by atoms with Gasteiger partial charge in [0.2, 0.25) is 5.91 Å². The van der Waals surface area contributed by atoms with Gasteiger partial charge in [-0.1, -0.05) is 25.0 Å². The number of allylic oxidation sites excluding steroid dienone is 1. The molecule has 1 aliphatic carbocycles. The summed E-state index contributed by atoms with van der Waals surface area (Å²) in [5.74, 6) is -2.81. The maximum atomic E-state index is 11.9. The molecule has 0 bridgehead atoms. The van der Waals surface area contributed by atoms with E-state index in [2.05, 4.69) is 11.4 Å². The topological polar surface area (TPSA) is 67.4 Å². The van der Waals surface area contributed by atoms with Crippen LogP contribution in [0, 0.1) is 0 Å². The first-order valence-corrected chi connectivity index (χ1v) is 7.29. The standard InChI is InChI=1S/C14H21F3N2O3/c15-14(16,17)13(21)19-10-12(20)18-8-9-22-11-6-4-2-1-3-5-7-11/h4,6,11H,1-3,5,7-10H2,(H,18,20)(H,19,21)/b6-4-. The summed E-state index contributed by atoms with van der Waals surface area (Å²) < 4.78 is 41.3. The van der Waals surface area contributed by atoms with Gasteiger partial charge in [-0.25, -0.2) is 0 Å². The second kappa shape index (κ2) is 9.45. The number of alkyl halides is 3. The van der Waals surface area contributed by atoms with Gasteiger partial charge in [0, 0.05) is 6.54 Å². The fraction of sp³-hybridized carbons (Fsp3) is 0.714. The average molecular weight is 322 g/mol. The fourth-order valence-electron chi connectivity index (χ4n) is 1.99. The monoisotopic (exact) mass is 322 g/mol. The maximum Gasteiger partial charge on any atom is 0.471 e. The van der Waals surface area contributed by atoms with Crippen molar-refractivity contribution in [2.45, 2.75) is 44.4 Å². The normalized spacial score (nSPS) is 20.6. The van der Waals surface area contributed by atoms with Crippen LogP contribution in [0.4, 0.5) is 13.2 Å². The Morgan fingerprint density at radius 1 is 1.18 bits per heavy atom. The molecular weight excluding hydrogens is 301 g/mol. The Balaban J connectivity index is 2.12. The van der Waals surface area contributed by atoms with E-state index in [9.17, 15) is 22.8 Å². The summed E-state index contributed by atoms with van der Waals surface area (Å²) in [6.45, 7) is -0.249. The second-order valence-electron chi connectivity index (χ2n) is 5.01. The van der Waals surface area contributed by atoms with E-state index < -0.39 is 24.5 Å². The minimum absolute atomic E-state index is 0.0159. The van der Waals surface area contributed by atoms with Crippen molar-refractivity contribution >= 4 is 11.8 Å². The number of ether oxygens (including phenoxy) is 1. The second-order valence-corrected chi connectivity index (χ2v) is 5.01. The van der Waals surface area contributed by atoms with E-state index in [1.54, 1.807) is 0 Å². The van der Waals surface area contributed by atoms with Gasteiger partial charge in [0.15, 0.2) is 0 Å². The summed E-state index contributed by atoms with van der Waals surface area (Å²) in [6, 6.07) is 0. The molecule has 0 saturated heterocycles. The molecule has 0 spiro atoms. The van der Waals surface area contributed by atoms with Crippen molar-refractivity contribution in [3.05, 3.63) is 12.2 Å². The van der Waals surface area contributed by atoms with Crippen molar-refractivity contribution in [1.82, 2.24) is 10.6 Å². The summed E-state index contributed by atoms with van der Waals surface area (Å²) in [5.41, 5.74) is 0.